The molecule has 0 spiro atoms. The summed E-state index contributed by atoms with van der Waals surface area (Å²) < 4.78 is 0. The number of nitro groups is 1. The molecule has 0 aliphatic carbocycles. The number of hydrogen-bond donors (Lipinski definition) is 1. The van der Waals surface area contributed by atoms with E-state index in [9.17, 15) is 19.7 Å². The van der Waals surface area contributed by atoms with Gasteiger partial charge in [-0.25, -0.2) is 0 Å². The first-order valence-electron chi connectivity index (χ1n) is 6.23. The lowest BCUT2D eigenvalue weighted by Crippen LogP contribution is -2.30. The van der Waals surface area contributed by atoms with Crippen LogP contribution in [-0.2, 0) is 4.79 Å². The van der Waals surface area contributed by atoms with Crippen LogP contribution in [0.3, 0.4) is 0 Å². The SMILES string of the molecule is CC[C@@](C)(CC(=O)O)C(=O)c1ccc(C)c([N+](=O)[O-])c1. The monoisotopic (exact) mass is 279 g/mol. The normalized spacial score (nSPS) is 13.6. The van der Waals surface area contributed by atoms with Crippen LogP contribution in [0.1, 0.15) is 42.6 Å². The molecule has 0 bridgehead atoms. The molecule has 1 atom stereocenters. The highest BCUT2D eigenvalue weighted by Crippen LogP contribution is 2.32. The van der Waals surface area contributed by atoms with Crippen LogP contribution >= 0.6 is 0 Å². The molecule has 0 saturated carbocycles. The number of nitrogens with zero attached hydrogens (tertiary/aromatic N) is 1. The predicted octanol–water partition coefficient (Wildman–Crippen LogP) is 2.98. The van der Waals surface area contributed by atoms with E-state index in [2.05, 4.69) is 0 Å². The van der Waals surface area contributed by atoms with Crippen molar-refractivity contribution < 1.29 is 19.6 Å². The Morgan fingerprint density at radius 2 is 2.00 bits per heavy atom. The van der Waals surface area contributed by atoms with Gasteiger partial charge in [0.05, 0.1) is 11.3 Å². The Morgan fingerprint density at radius 3 is 2.45 bits per heavy atom. The number of ketones is 1. The average Bonchev–Trinajstić information content (AvgIpc) is 2.37. The standard InChI is InChI=1S/C14H17NO5/c1-4-14(3,8-12(16)17)13(18)10-6-5-9(2)11(7-10)15(19)20/h5-7H,4,8H2,1-3H3,(H,16,17)/t14-/m0/s1. The second-order valence-corrected chi connectivity index (χ2v) is 5.07. The first-order valence-corrected chi connectivity index (χ1v) is 6.23. The van der Waals surface area contributed by atoms with E-state index in [1.165, 1.54) is 18.2 Å². The van der Waals surface area contributed by atoms with E-state index in [4.69, 9.17) is 5.11 Å². The van der Waals surface area contributed by atoms with E-state index in [1.807, 2.05) is 0 Å². The summed E-state index contributed by atoms with van der Waals surface area (Å²) in [6.45, 7) is 4.88. The number of nitro benzene ring substituents is 1. The molecule has 1 N–H and O–H groups in total. The molecule has 6 heteroatoms. The molecule has 6 nitrogen and oxygen atoms in total. The Hall–Kier alpha value is -2.24. The number of aliphatic carboxylic acids is 1. The number of benzene rings is 1. The Kier molecular flexibility index (Phi) is 4.60. The number of Topliss-reactive ketones (excluding diaryl/α,β-unsaturated/α-hetero) is 1. The third-order valence-electron chi connectivity index (χ3n) is 3.54. The lowest BCUT2D eigenvalue weighted by molar-refractivity contribution is -0.385. The first kappa shape index (κ1) is 15.8. The van der Waals surface area contributed by atoms with Gasteiger partial charge in [-0.3, -0.25) is 19.7 Å². The first-order chi connectivity index (χ1) is 9.21. The van der Waals surface area contributed by atoms with Crippen molar-refractivity contribution >= 4 is 17.4 Å². The van der Waals surface area contributed by atoms with Gasteiger partial charge in [-0.1, -0.05) is 26.0 Å². The van der Waals surface area contributed by atoms with Crippen molar-refractivity contribution in [2.24, 2.45) is 5.41 Å². The number of aryl methyl sites for hydroxylation is 1. The molecule has 1 rings (SSSR count). The summed E-state index contributed by atoms with van der Waals surface area (Å²) in [5.74, 6) is -1.45. The van der Waals surface area contributed by atoms with Crippen LogP contribution in [0.5, 0.6) is 0 Å². The van der Waals surface area contributed by atoms with Gasteiger partial charge in [0, 0.05) is 22.6 Å². The zero-order chi connectivity index (χ0) is 15.5. The maximum absolute atomic E-state index is 12.4. The Balaban J connectivity index is 3.23. The number of carbonyl (C=O) groups is 2. The van der Waals surface area contributed by atoms with E-state index >= 15 is 0 Å². The zero-order valence-electron chi connectivity index (χ0n) is 11.7. The minimum Gasteiger partial charge on any atom is -0.481 e. The van der Waals surface area contributed by atoms with E-state index < -0.39 is 16.3 Å². The van der Waals surface area contributed by atoms with Crippen LogP contribution in [-0.4, -0.2) is 21.8 Å². The topological polar surface area (TPSA) is 97.5 Å². The van der Waals surface area contributed by atoms with Crippen LogP contribution in [0.25, 0.3) is 0 Å². The number of rotatable bonds is 6. The van der Waals surface area contributed by atoms with E-state index in [0.717, 1.165) is 0 Å². The molecule has 0 aliphatic rings. The average molecular weight is 279 g/mol. The van der Waals surface area contributed by atoms with Crippen molar-refractivity contribution in [2.75, 3.05) is 0 Å². The van der Waals surface area contributed by atoms with E-state index in [-0.39, 0.29) is 23.5 Å². The molecule has 0 aromatic heterocycles. The summed E-state index contributed by atoms with van der Waals surface area (Å²) in [6.07, 6.45) is 0.0455. The second-order valence-electron chi connectivity index (χ2n) is 5.07. The van der Waals surface area contributed by atoms with Gasteiger partial charge in [-0.15, -0.1) is 0 Å². The minimum atomic E-state index is -1.07. The van der Waals surface area contributed by atoms with Crippen molar-refractivity contribution in [1.29, 1.82) is 0 Å². The molecule has 0 heterocycles. The highest BCUT2D eigenvalue weighted by atomic mass is 16.6. The Morgan fingerprint density at radius 1 is 1.40 bits per heavy atom. The van der Waals surface area contributed by atoms with E-state index in [0.29, 0.717) is 12.0 Å². The van der Waals surface area contributed by atoms with Crippen molar-refractivity contribution in [2.45, 2.75) is 33.6 Å². The highest BCUT2D eigenvalue weighted by molar-refractivity contribution is 6.02. The van der Waals surface area contributed by atoms with Gasteiger partial charge >= 0.3 is 5.97 Å². The summed E-state index contributed by atoms with van der Waals surface area (Å²) in [5.41, 5.74) is -0.560. The molecule has 0 unspecified atom stereocenters. The lowest BCUT2D eigenvalue weighted by atomic mass is 9.77. The van der Waals surface area contributed by atoms with Crippen molar-refractivity contribution in [1.82, 2.24) is 0 Å². The van der Waals surface area contributed by atoms with Gasteiger partial charge < -0.3 is 5.11 Å². The summed E-state index contributed by atoms with van der Waals surface area (Å²) in [6, 6.07) is 4.22. The van der Waals surface area contributed by atoms with Gasteiger partial charge in [0.2, 0.25) is 0 Å². The third kappa shape index (κ3) is 3.20. The molecule has 0 fully saturated rings. The fraction of sp³-hybridized carbons (Fsp3) is 0.429. The molecule has 0 saturated heterocycles. The molecule has 0 amide bonds. The molecular formula is C14H17NO5. The molecule has 1 aromatic rings. The number of carbonyl (C=O) groups excluding carboxylic acids is 1. The summed E-state index contributed by atoms with van der Waals surface area (Å²) >= 11 is 0. The summed E-state index contributed by atoms with van der Waals surface area (Å²) in [5, 5.41) is 19.8. The van der Waals surface area contributed by atoms with Crippen LogP contribution < -0.4 is 0 Å². The minimum absolute atomic E-state index is 0.135. The van der Waals surface area contributed by atoms with Crippen LogP contribution in [0.2, 0.25) is 0 Å². The number of carboxylic acid groups (broad SMARTS) is 1. The summed E-state index contributed by atoms with van der Waals surface area (Å²) in [7, 11) is 0. The second kappa shape index (κ2) is 5.81. The van der Waals surface area contributed by atoms with Gasteiger partial charge in [-0.05, 0) is 13.3 Å². The summed E-state index contributed by atoms with van der Waals surface area (Å²) in [4.78, 5) is 33.7. The fourth-order valence-corrected chi connectivity index (χ4v) is 2.00. The third-order valence-corrected chi connectivity index (χ3v) is 3.54. The number of hydrogen-bond acceptors (Lipinski definition) is 4. The van der Waals surface area contributed by atoms with Crippen molar-refractivity contribution in [3.63, 3.8) is 0 Å². The maximum Gasteiger partial charge on any atom is 0.304 e. The smallest absolute Gasteiger partial charge is 0.304 e. The fourth-order valence-electron chi connectivity index (χ4n) is 2.00. The Labute approximate surface area is 116 Å². The lowest BCUT2D eigenvalue weighted by Gasteiger charge is -2.24. The quantitative estimate of drug-likeness (QED) is 0.490. The Bertz CT molecular complexity index is 567. The molecule has 20 heavy (non-hydrogen) atoms. The maximum atomic E-state index is 12.4. The van der Waals surface area contributed by atoms with Gasteiger partial charge in [0.25, 0.3) is 5.69 Å². The van der Waals surface area contributed by atoms with Crippen molar-refractivity contribution in [3.8, 4) is 0 Å². The highest BCUT2D eigenvalue weighted by Gasteiger charge is 2.35. The van der Waals surface area contributed by atoms with Crippen LogP contribution in [0.15, 0.2) is 18.2 Å². The largest absolute Gasteiger partial charge is 0.481 e. The van der Waals surface area contributed by atoms with Crippen LogP contribution in [0, 0.1) is 22.5 Å². The number of carboxylic acids is 1. The van der Waals surface area contributed by atoms with Gasteiger partial charge in [0.15, 0.2) is 5.78 Å². The van der Waals surface area contributed by atoms with Gasteiger partial charge in [0.1, 0.15) is 0 Å². The van der Waals surface area contributed by atoms with Gasteiger partial charge in [-0.2, -0.15) is 0 Å². The predicted molar refractivity (Wildman–Crippen MR) is 72.8 cm³/mol. The van der Waals surface area contributed by atoms with Crippen molar-refractivity contribution in [3.05, 3.63) is 39.4 Å². The molecule has 108 valence electrons. The zero-order valence-corrected chi connectivity index (χ0v) is 11.7. The van der Waals surface area contributed by atoms with Crippen LogP contribution in [0.4, 0.5) is 5.69 Å². The van der Waals surface area contributed by atoms with E-state index in [1.54, 1.807) is 20.8 Å². The molecule has 0 radical (unpaired) electrons. The molecule has 1 aromatic carbocycles. The molecule has 0 aliphatic heterocycles. The molecular weight excluding hydrogens is 262 g/mol.